The van der Waals surface area contributed by atoms with Crippen molar-refractivity contribution in [2.75, 3.05) is 31.2 Å². The van der Waals surface area contributed by atoms with Gasteiger partial charge in [-0.2, -0.15) is 0 Å². The Bertz CT molecular complexity index is 1420. The van der Waals surface area contributed by atoms with Crippen molar-refractivity contribution in [1.82, 2.24) is 25.6 Å². The number of ether oxygens (including phenoxy) is 1. The number of carbonyl (C=O) groups is 3. The molecule has 2 N–H and O–H groups in total. The minimum absolute atomic E-state index is 0.0657. The van der Waals surface area contributed by atoms with Gasteiger partial charge in [0.25, 0.3) is 0 Å². The maximum Gasteiger partial charge on any atom is 0.227 e. The van der Waals surface area contributed by atoms with Gasteiger partial charge in [0.1, 0.15) is 11.5 Å². The highest BCUT2D eigenvalue weighted by molar-refractivity contribution is 6.01. The number of hydrogen-bond donors (Lipinski definition) is 2. The Morgan fingerprint density at radius 2 is 1.64 bits per heavy atom. The molecule has 2 amide bonds. The molecule has 10 heteroatoms. The second-order valence-corrected chi connectivity index (χ2v) is 12.0. The van der Waals surface area contributed by atoms with Crippen LogP contribution in [0.4, 0.5) is 5.69 Å². The fourth-order valence-electron chi connectivity index (χ4n) is 5.22. The zero-order valence-electron chi connectivity index (χ0n) is 26.5. The number of carbonyl (C=O) groups excluding carboxylic acids is 3. The summed E-state index contributed by atoms with van der Waals surface area (Å²) in [6.07, 6.45) is 2.00. The van der Waals surface area contributed by atoms with Gasteiger partial charge in [0.2, 0.25) is 11.8 Å². The van der Waals surface area contributed by atoms with Crippen molar-refractivity contribution in [3.05, 3.63) is 54.1 Å². The van der Waals surface area contributed by atoms with Gasteiger partial charge in [0.15, 0.2) is 0 Å². The number of Topliss-reactive ketones (excluding diaryl/α,β-unsaturated/α-hetero) is 1. The largest absolute Gasteiger partial charge is 0.379 e. The second-order valence-electron chi connectivity index (χ2n) is 12.0. The first kappa shape index (κ1) is 33.0. The molecule has 1 aliphatic heterocycles. The number of ketones is 1. The summed E-state index contributed by atoms with van der Waals surface area (Å²) in [6, 6.07) is 16.1. The highest BCUT2D eigenvalue weighted by atomic mass is 16.5. The number of fused-ring (bicyclic) bond motifs is 5. The van der Waals surface area contributed by atoms with E-state index >= 15 is 0 Å². The number of aromatic nitrogens is 3. The van der Waals surface area contributed by atoms with Crippen LogP contribution in [0.1, 0.15) is 65.4 Å². The van der Waals surface area contributed by atoms with E-state index in [1.807, 2.05) is 53.2 Å². The normalized spacial score (nSPS) is 12.4. The van der Waals surface area contributed by atoms with Crippen LogP contribution in [-0.2, 0) is 32.2 Å². The smallest absolute Gasteiger partial charge is 0.227 e. The van der Waals surface area contributed by atoms with E-state index in [4.69, 9.17) is 4.74 Å². The third-order valence-electron chi connectivity index (χ3n) is 7.62. The average Bonchev–Trinajstić information content (AvgIpc) is 3.41. The van der Waals surface area contributed by atoms with E-state index in [9.17, 15) is 14.4 Å². The number of benzene rings is 2. The molecule has 0 atom stereocenters. The van der Waals surface area contributed by atoms with Gasteiger partial charge in [0.05, 0.1) is 37.7 Å². The monoisotopic (exact) mass is 602 g/mol. The molecule has 2 aromatic carbocycles. The predicted octanol–water partition coefficient (Wildman–Crippen LogP) is 4.77. The zero-order valence-corrected chi connectivity index (χ0v) is 26.5. The van der Waals surface area contributed by atoms with E-state index in [1.54, 1.807) is 4.90 Å². The lowest BCUT2D eigenvalue weighted by molar-refractivity contribution is -0.125. The maximum absolute atomic E-state index is 13.7. The van der Waals surface area contributed by atoms with Gasteiger partial charge < -0.3 is 20.3 Å². The molecule has 10 nitrogen and oxygen atoms in total. The number of nitrogens with zero attached hydrogens (tertiary/aromatic N) is 4. The van der Waals surface area contributed by atoms with Gasteiger partial charge in [-0.25, -0.2) is 4.68 Å². The average molecular weight is 603 g/mol. The Morgan fingerprint density at radius 3 is 2.41 bits per heavy atom. The van der Waals surface area contributed by atoms with Crippen molar-refractivity contribution in [1.29, 1.82) is 0 Å². The van der Waals surface area contributed by atoms with Crippen LogP contribution in [0.15, 0.2) is 48.5 Å². The van der Waals surface area contributed by atoms with Gasteiger partial charge in [-0.15, -0.1) is 5.10 Å². The summed E-state index contributed by atoms with van der Waals surface area (Å²) in [7, 11) is 0. The molecule has 0 spiro atoms. The van der Waals surface area contributed by atoms with E-state index in [0.29, 0.717) is 57.6 Å². The summed E-state index contributed by atoms with van der Waals surface area (Å²) in [5.74, 6) is 0.364. The first-order valence-corrected chi connectivity index (χ1v) is 15.8. The Kier molecular flexibility index (Phi) is 12.2. The summed E-state index contributed by atoms with van der Waals surface area (Å²) in [5, 5.41) is 15.4. The molecule has 1 aliphatic rings. The first-order valence-electron chi connectivity index (χ1n) is 15.8. The number of anilines is 1. The number of rotatable bonds is 16. The van der Waals surface area contributed by atoms with Crippen molar-refractivity contribution in [2.24, 2.45) is 5.92 Å². The van der Waals surface area contributed by atoms with Crippen molar-refractivity contribution in [3.63, 3.8) is 0 Å². The maximum atomic E-state index is 13.7. The van der Waals surface area contributed by atoms with Crippen LogP contribution in [0.5, 0.6) is 0 Å². The fourth-order valence-corrected chi connectivity index (χ4v) is 5.22. The van der Waals surface area contributed by atoms with E-state index in [0.717, 1.165) is 46.7 Å². The molecule has 3 aromatic rings. The van der Waals surface area contributed by atoms with Gasteiger partial charge in [-0.3, -0.25) is 14.4 Å². The molecule has 4 rings (SSSR count). The molecular formula is C34H46N6O4. The Hall–Kier alpha value is -3.89. The Labute approximate surface area is 260 Å². The van der Waals surface area contributed by atoms with E-state index in [2.05, 4.69) is 48.6 Å². The number of para-hydroxylation sites is 1. The SMILES string of the molecule is CC(C)CCC(=O)CCOCCNC(=O)CCC(=O)N1Cc2ccccc2-c2nnn(CCNC(C)C)c2-c2ccccc21. The molecule has 1 aromatic heterocycles. The molecular weight excluding hydrogens is 556 g/mol. The van der Waals surface area contributed by atoms with Gasteiger partial charge >= 0.3 is 0 Å². The highest BCUT2D eigenvalue weighted by Crippen LogP contribution is 2.41. The fraction of sp³-hybridized carbons (Fsp3) is 0.500. The number of hydrogen-bond acceptors (Lipinski definition) is 7. The van der Waals surface area contributed by atoms with Crippen LogP contribution in [0, 0.1) is 5.92 Å². The van der Waals surface area contributed by atoms with Crippen molar-refractivity contribution < 1.29 is 19.1 Å². The van der Waals surface area contributed by atoms with Crippen LogP contribution in [0.25, 0.3) is 22.5 Å². The van der Waals surface area contributed by atoms with Crippen molar-refractivity contribution in [2.45, 2.75) is 78.9 Å². The quantitative estimate of drug-likeness (QED) is 0.227. The summed E-state index contributed by atoms with van der Waals surface area (Å²) in [4.78, 5) is 40.0. The summed E-state index contributed by atoms with van der Waals surface area (Å²) in [6.45, 7) is 11.1. The molecule has 0 bridgehead atoms. The van der Waals surface area contributed by atoms with Gasteiger partial charge in [-0.05, 0) is 24.0 Å². The molecule has 0 saturated heterocycles. The van der Waals surface area contributed by atoms with Crippen LogP contribution < -0.4 is 15.5 Å². The summed E-state index contributed by atoms with van der Waals surface area (Å²) >= 11 is 0. The molecule has 0 aliphatic carbocycles. The number of nitrogens with one attached hydrogen (secondary N) is 2. The molecule has 0 unspecified atom stereocenters. The summed E-state index contributed by atoms with van der Waals surface area (Å²) in [5.41, 5.74) is 5.22. The van der Waals surface area contributed by atoms with E-state index in [1.165, 1.54) is 0 Å². The lowest BCUT2D eigenvalue weighted by Crippen LogP contribution is -2.34. The van der Waals surface area contributed by atoms with Crippen molar-refractivity contribution >= 4 is 23.3 Å². The molecule has 236 valence electrons. The lowest BCUT2D eigenvalue weighted by atomic mass is 9.95. The van der Waals surface area contributed by atoms with Gasteiger partial charge in [0, 0.05) is 55.9 Å². The van der Waals surface area contributed by atoms with Crippen molar-refractivity contribution in [3.8, 4) is 22.5 Å². The lowest BCUT2D eigenvalue weighted by Gasteiger charge is -2.29. The van der Waals surface area contributed by atoms with Crippen LogP contribution in [-0.4, -0.2) is 64.9 Å². The Balaban J connectivity index is 1.40. The standard InChI is InChI=1S/C34H46N6O4/c1-24(2)13-14-27(41)17-21-44-22-19-36-31(42)15-16-32(43)39-23-26-9-5-6-10-28(26)33-34(29-11-7-8-12-30(29)39)40(38-37-33)20-18-35-25(3)4/h5-12,24-25,35H,13-23H2,1-4H3,(H,36,42). The summed E-state index contributed by atoms with van der Waals surface area (Å²) < 4.78 is 7.43. The molecule has 0 fully saturated rings. The van der Waals surface area contributed by atoms with E-state index in [-0.39, 0.29) is 30.4 Å². The highest BCUT2D eigenvalue weighted by Gasteiger charge is 2.29. The third kappa shape index (κ3) is 9.06. The molecule has 2 heterocycles. The zero-order chi connectivity index (χ0) is 31.5. The first-order chi connectivity index (χ1) is 21.2. The second kappa shape index (κ2) is 16.3. The number of amides is 2. The van der Waals surface area contributed by atoms with Crippen LogP contribution in [0.3, 0.4) is 0 Å². The van der Waals surface area contributed by atoms with Crippen LogP contribution in [0.2, 0.25) is 0 Å². The minimum Gasteiger partial charge on any atom is -0.379 e. The van der Waals surface area contributed by atoms with Crippen LogP contribution >= 0.6 is 0 Å². The molecule has 0 radical (unpaired) electrons. The Morgan fingerprint density at radius 1 is 0.886 bits per heavy atom. The molecule has 44 heavy (non-hydrogen) atoms. The topological polar surface area (TPSA) is 118 Å². The third-order valence-corrected chi connectivity index (χ3v) is 7.62. The molecule has 0 saturated carbocycles. The minimum atomic E-state index is -0.210. The predicted molar refractivity (Wildman–Crippen MR) is 172 cm³/mol. The van der Waals surface area contributed by atoms with E-state index < -0.39 is 0 Å². The van der Waals surface area contributed by atoms with Gasteiger partial charge in [-0.1, -0.05) is 75.4 Å².